The van der Waals surface area contributed by atoms with Gasteiger partial charge in [-0.25, -0.2) is 0 Å². The molecule has 1 atom stereocenters. The number of hydrogen-bond acceptors (Lipinski definition) is 6. The number of carbonyl (C=O) groups excluding carboxylic acids is 1. The Bertz CT molecular complexity index is 576. The predicted molar refractivity (Wildman–Crippen MR) is 85.6 cm³/mol. The van der Waals surface area contributed by atoms with Crippen LogP contribution in [0.25, 0.3) is 0 Å². The first kappa shape index (κ1) is 18.7. The lowest BCUT2D eigenvalue weighted by molar-refractivity contribution is -0.385. The largest absolute Gasteiger partial charge is 0.490 e. The molecule has 8 heteroatoms. The third-order valence-electron chi connectivity index (χ3n) is 3.84. The topological polar surface area (TPSA) is 117 Å². The molecule has 1 amide bonds. The number of ether oxygens (including phenoxy) is 2. The Labute approximate surface area is 135 Å². The number of nitrogens with one attached hydrogen (secondary N) is 1. The Balaban J connectivity index is 2.71. The Hall–Kier alpha value is -2.35. The van der Waals surface area contributed by atoms with Gasteiger partial charge >= 0.3 is 5.69 Å². The van der Waals surface area contributed by atoms with Gasteiger partial charge in [0.2, 0.25) is 5.75 Å². The number of amides is 1. The summed E-state index contributed by atoms with van der Waals surface area (Å²) >= 11 is 0. The summed E-state index contributed by atoms with van der Waals surface area (Å²) in [6, 6.07) is 4.05. The second-order valence-corrected chi connectivity index (χ2v) is 5.70. The number of carbonyl (C=O) groups is 1. The van der Waals surface area contributed by atoms with Gasteiger partial charge in [0.15, 0.2) is 6.61 Å². The van der Waals surface area contributed by atoms with E-state index in [9.17, 15) is 14.9 Å². The second-order valence-electron chi connectivity index (χ2n) is 5.70. The molecule has 0 saturated heterocycles. The highest BCUT2D eigenvalue weighted by atomic mass is 16.6. The zero-order valence-corrected chi connectivity index (χ0v) is 13.8. The molecule has 0 aromatic heterocycles. The highest BCUT2D eigenvalue weighted by molar-refractivity contribution is 5.78. The fourth-order valence-corrected chi connectivity index (χ4v) is 1.83. The van der Waals surface area contributed by atoms with Crippen molar-refractivity contribution in [2.45, 2.75) is 26.3 Å². The lowest BCUT2D eigenvalue weighted by atomic mass is 9.88. The van der Waals surface area contributed by atoms with Crippen LogP contribution in [0.3, 0.4) is 0 Å². The normalized spacial score (nSPS) is 13.3. The average molecular weight is 325 g/mol. The van der Waals surface area contributed by atoms with Crippen molar-refractivity contribution in [2.24, 2.45) is 11.7 Å². The van der Waals surface area contributed by atoms with Gasteiger partial charge in [0.05, 0.1) is 17.6 Å². The Morgan fingerprint density at radius 3 is 2.61 bits per heavy atom. The van der Waals surface area contributed by atoms with Crippen LogP contribution in [0.1, 0.15) is 20.8 Å². The molecule has 0 spiro atoms. The molecule has 3 N–H and O–H groups in total. The molecule has 1 rings (SSSR count). The maximum atomic E-state index is 12.0. The summed E-state index contributed by atoms with van der Waals surface area (Å²) in [6.45, 7) is 5.89. The summed E-state index contributed by atoms with van der Waals surface area (Å²) in [7, 11) is 1.33. The van der Waals surface area contributed by atoms with Gasteiger partial charge in [0.1, 0.15) is 5.75 Å². The Kier molecular flexibility index (Phi) is 6.32. The van der Waals surface area contributed by atoms with Crippen molar-refractivity contribution in [1.29, 1.82) is 0 Å². The maximum absolute atomic E-state index is 12.0. The molecule has 0 bridgehead atoms. The maximum Gasteiger partial charge on any atom is 0.311 e. The quantitative estimate of drug-likeness (QED) is 0.552. The Morgan fingerprint density at radius 2 is 2.13 bits per heavy atom. The van der Waals surface area contributed by atoms with E-state index >= 15 is 0 Å². The highest BCUT2D eigenvalue weighted by Gasteiger charge is 2.28. The number of hydrogen-bond donors (Lipinski definition) is 2. The van der Waals surface area contributed by atoms with Gasteiger partial charge in [-0.05, 0) is 18.9 Å². The summed E-state index contributed by atoms with van der Waals surface area (Å²) in [6.07, 6.45) is 0. The van der Waals surface area contributed by atoms with E-state index in [0.717, 1.165) is 0 Å². The van der Waals surface area contributed by atoms with Crippen molar-refractivity contribution < 1.29 is 19.2 Å². The zero-order chi connectivity index (χ0) is 17.6. The molecule has 0 saturated carbocycles. The third kappa shape index (κ3) is 4.82. The van der Waals surface area contributed by atoms with Gasteiger partial charge in [0, 0.05) is 18.7 Å². The van der Waals surface area contributed by atoms with E-state index in [-0.39, 0.29) is 29.9 Å². The van der Waals surface area contributed by atoms with Crippen LogP contribution in [0.4, 0.5) is 5.69 Å². The van der Waals surface area contributed by atoms with Crippen LogP contribution < -0.4 is 20.5 Å². The molecule has 128 valence electrons. The standard InChI is InChI=1S/C15H23N3O5/c1-10(2)15(3,9-16)17-14(19)8-23-11-5-6-12(18(20)21)13(7-11)22-4/h5-7,10H,8-9,16H2,1-4H3,(H,17,19). The van der Waals surface area contributed by atoms with Gasteiger partial charge in [-0.3, -0.25) is 14.9 Å². The van der Waals surface area contributed by atoms with Crippen LogP contribution >= 0.6 is 0 Å². The van der Waals surface area contributed by atoms with Crippen molar-refractivity contribution in [3.8, 4) is 11.5 Å². The number of nitro benzene ring substituents is 1. The summed E-state index contributed by atoms with van der Waals surface area (Å²) < 4.78 is 10.3. The summed E-state index contributed by atoms with van der Waals surface area (Å²) in [4.78, 5) is 22.3. The molecule has 0 fully saturated rings. The van der Waals surface area contributed by atoms with E-state index in [4.69, 9.17) is 15.2 Å². The average Bonchev–Trinajstić information content (AvgIpc) is 2.51. The van der Waals surface area contributed by atoms with E-state index < -0.39 is 10.5 Å². The van der Waals surface area contributed by atoms with Gasteiger partial charge in [-0.1, -0.05) is 13.8 Å². The van der Waals surface area contributed by atoms with E-state index in [2.05, 4.69) is 5.32 Å². The number of rotatable bonds is 8. The molecule has 1 aromatic rings. The first-order chi connectivity index (χ1) is 10.7. The van der Waals surface area contributed by atoms with E-state index in [1.54, 1.807) is 0 Å². The molecule has 8 nitrogen and oxygen atoms in total. The lowest BCUT2D eigenvalue weighted by Crippen LogP contribution is -2.56. The van der Waals surface area contributed by atoms with Crippen LogP contribution in [0.15, 0.2) is 18.2 Å². The van der Waals surface area contributed by atoms with Crippen molar-refractivity contribution in [3.05, 3.63) is 28.3 Å². The number of benzene rings is 1. The third-order valence-corrected chi connectivity index (χ3v) is 3.84. The zero-order valence-electron chi connectivity index (χ0n) is 13.8. The minimum absolute atomic E-state index is 0.0712. The van der Waals surface area contributed by atoms with E-state index in [1.807, 2.05) is 20.8 Å². The molecule has 0 aliphatic carbocycles. The monoisotopic (exact) mass is 325 g/mol. The molecule has 0 aliphatic rings. The minimum Gasteiger partial charge on any atom is -0.490 e. The predicted octanol–water partition coefficient (Wildman–Crippen LogP) is 1.47. The van der Waals surface area contributed by atoms with Crippen LogP contribution in [-0.4, -0.2) is 36.6 Å². The summed E-state index contributed by atoms with van der Waals surface area (Å²) in [5, 5.41) is 13.7. The van der Waals surface area contributed by atoms with Gasteiger partial charge < -0.3 is 20.5 Å². The van der Waals surface area contributed by atoms with Crippen LogP contribution in [0.2, 0.25) is 0 Å². The van der Waals surface area contributed by atoms with E-state index in [0.29, 0.717) is 12.3 Å². The molecule has 0 aliphatic heterocycles. The number of nitrogens with two attached hydrogens (primary N) is 1. The summed E-state index contributed by atoms with van der Waals surface area (Å²) in [5.74, 6) is 0.225. The number of nitrogens with zero attached hydrogens (tertiary/aromatic N) is 1. The van der Waals surface area contributed by atoms with Crippen molar-refractivity contribution in [2.75, 3.05) is 20.3 Å². The first-order valence-electron chi connectivity index (χ1n) is 7.19. The lowest BCUT2D eigenvalue weighted by Gasteiger charge is -2.33. The fourth-order valence-electron chi connectivity index (χ4n) is 1.83. The smallest absolute Gasteiger partial charge is 0.311 e. The first-order valence-corrected chi connectivity index (χ1v) is 7.19. The Morgan fingerprint density at radius 1 is 1.48 bits per heavy atom. The number of nitro groups is 1. The highest BCUT2D eigenvalue weighted by Crippen LogP contribution is 2.30. The molecule has 23 heavy (non-hydrogen) atoms. The van der Waals surface area contributed by atoms with Crippen molar-refractivity contribution >= 4 is 11.6 Å². The van der Waals surface area contributed by atoms with Crippen LogP contribution in [0, 0.1) is 16.0 Å². The van der Waals surface area contributed by atoms with Crippen LogP contribution in [0.5, 0.6) is 11.5 Å². The summed E-state index contributed by atoms with van der Waals surface area (Å²) in [5.41, 5.74) is 5.02. The molecule has 1 unspecified atom stereocenters. The van der Waals surface area contributed by atoms with Gasteiger partial charge in [-0.15, -0.1) is 0 Å². The minimum atomic E-state index is -0.551. The number of methoxy groups -OCH3 is 1. The van der Waals surface area contributed by atoms with Crippen molar-refractivity contribution in [1.82, 2.24) is 5.32 Å². The van der Waals surface area contributed by atoms with Crippen molar-refractivity contribution in [3.63, 3.8) is 0 Å². The second kappa shape index (κ2) is 7.77. The SMILES string of the molecule is COc1cc(OCC(=O)NC(C)(CN)C(C)C)ccc1[N+](=O)[O-]. The molecule has 1 aromatic carbocycles. The molecular formula is C15H23N3O5. The van der Waals surface area contributed by atoms with E-state index in [1.165, 1.54) is 25.3 Å². The molecular weight excluding hydrogens is 302 g/mol. The van der Waals surface area contributed by atoms with Gasteiger partial charge in [0.25, 0.3) is 5.91 Å². The van der Waals surface area contributed by atoms with Crippen LogP contribution in [-0.2, 0) is 4.79 Å². The molecule has 0 heterocycles. The molecule has 0 radical (unpaired) electrons. The fraction of sp³-hybridized carbons (Fsp3) is 0.533. The van der Waals surface area contributed by atoms with Gasteiger partial charge in [-0.2, -0.15) is 0 Å².